The number of sulfonamides is 1. The number of fused-ring (bicyclic) bond motifs is 1. The van der Waals surface area contributed by atoms with Gasteiger partial charge in [-0.15, -0.1) is 0 Å². The van der Waals surface area contributed by atoms with Crippen molar-refractivity contribution in [1.82, 2.24) is 0 Å². The molecule has 0 aromatic heterocycles. The van der Waals surface area contributed by atoms with Crippen LogP contribution in [0, 0.1) is 0 Å². The number of anilines is 3. The van der Waals surface area contributed by atoms with Crippen LogP contribution in [0.1, 0.15) is 31.2 Å². The highest BCUT2D eigenvalue weighted by atomic mass is 32.2. The third kappa shape index (κ3) is 3.64. The molecule has 1 aliphatic carbocycles. The average Bonchev–Trinajstić information content (AvgIpc) is 3.25. The molecular formula is C20H23N3O3S. The third-order valence-electron chi connectivity index (χ3n) is 5.30. The first kappa shape index (κ1) is 17.9. The Bertz CT molecular complexity index is 964. The highest BCUT2D eigenvalue weighted by molar-refractivity contribution is 7.92. The van der Waals surface area contributed by atoms with Gasteiger partial charge in [-0.3, -0.25) is 9.52 Å². The first-order chi connectivity index (χ1) is 12.9. The molecule has 2 aromatic carbocycles. The molecule has 4 rings (SSSR count). The van der Waals surface area contributed by atoms with Gasteiger partial charge in [-0.05, 0) is 60.9 Å². The number of likely N-dealkylation sites (N-methyl/N-ethyl adjacent to an activating group) is 1. The lowest BCUT2D eigenvalue weighted by atomic mass is 10.2. The molecule has 0 spiro atoms. The van der Waals surface area contributed by atoms with Crippen LogP contribution in [0.15, 0.2) is 47.4 Å². The fourth-order valence-electron chi connectivity index (χ4n) is 3.77. The molecule has 0 saturated heterocycles. The van der Waals surface area contributed by atoms with Crippen LogP contribution in [0.25, 0.3) is 0 Å². The van der Waals surface area contributed by atoms with Gasteiger partial charge >= 0.3 is 0 Å². The fourth-order valence-corrected chi connectivity index (χ4v) is 4.88. The number of amides is 1. The van der Waals surface area contributed by atoms with Crippen molar-refractivity contribution in [3.63, 3.8) is 0 Å². The first-order valence-corrected chi connectivity index (χ1v) is 10.7. The van der Waals surface area contributed by atoms with E-state index in [1.54, 1.807) is 36.2 Å². The van der Waals surface area contributed by atoms with E-state index in [4.69, 9.17) is 0 Å². The van der Waals surface area contributed by atoms with Gasteiger partial charge in [0.25, 0.3) is 10.0 Å². The summed E-state index contributed by atoms with van der Waals surface area (Å²) in [6.07, 6.45) is 5.13. The van der Waals surface area contributed by atoms with Gasteiger partial charge in [-0.2, -0.15) is 0 Å². The average molecular weight is 385 g/mol. The van der Waals surface area contributed by atoms with Gasteiger partial charge in [-0.25, -0.2) is 8.42 Å². The Morgan fingerprint density at radius 3 is 2.37 bits per heavy atom. The van der Waals surface area contributed by atoms with Crippen LogP contribution in [0.2, 0.25) is 0 Å². The second kappa shape index (κ2) is 6.88. The van der Waals surface area contributed by atoms with E-state index in [2.05, 4.69) is 10.0 Å². The third-order valence-corrected chi connectivity index (χ3v) is 6.68. The van der Waals surface area contributed by atoms with E-state index < -0.39 is 10.0 Å². The second-order valence-electron chi connectivity index (χ2n) is 7.23. The van der Waals surface area contributed by atoms with E-state index in [0.29, 0.717) is 11.7 Å². The first-order valence-electron chi connectivity index (χ1n) is 9.21. The van der Waals surface area contributed by atoms with Gasteiger partial charge in [0.1, 0.15) is 0 Å². The van der Waals surface area contributed by atoms with E-state index in [1.165, 1.54) is 31.7 Å². The molecule has 2 aromatic rings. The quantitative estimate of drug-likeness (QED) is 0.827. The second-order valence-corrected chi connectivity index (χ2v) is 8.91. The summed E-state index contributed by atoms with van der Waals surface area (Å²) in [7, 11) is -2.01. The van der Waals surface area contributed by atoms with E-state index in [1.807, 2.05) is 12.1 Å². The van der Waals surface area contributed by atoms with Crippen molar-refractivity contribution in [2.24, 2.45) is 0 Å². The number of hydrogen-bond acceptors (Lipinski definition) is 4. The number of nitrogens with one attached hydrogen (secondary N) is 2. The highest BCUT2D eigenvalue weighted by Gasteiger charge is 2.26. The van der Waals surface area contributed by atoms with Crippen molar-refractivity contribution in [3.05, 3.63) is 48.0 Å². The Morgan fingerprint density at radius 1 is 1.00 bits per heavy atom. The van der Waals surface area contributed by atoms with Crippen molar-refractivity contribution < 1.29 is 13.2 Å². The molecule has 1 fully saturated rings. The highest BCUT2D eigenvalue weighted by Crippen LogP contribution is 2.30. The maximum atomic E-state index is 12.7. The van der Waals surface area contributed by atoms with E-state index in [-0.39, 0.29) is 17.2 Å². The van der Waals surface area contributed by atoms with Crippen LogP contribution >= 0.6 is 0 Å². The van der Waals surface area contributed by atoms with Gasteiger partial charge in [0.05, 0.1) is 11.3 Å². The maximum absolute atomic E-state index is 12.7. The Balaban J connectivity index is 1.48. The minimum absolute atomic E-state index is 0.0298. The lowest BCUT2D eigenvalue weighted by Gasteiger charge is -2.14. The van der Waals surface area contributed by atoms with Gasteiger partial charge in [-0.1, -0.05) is 12.8 Å². The SMILES string of the molecule is CN1C(=O)Cc2cc(S(=O)(=O)Nc3ccc(NC4CCCC4)cc3)ccc21. The Morgan fingerprint density at radius 2 is 1.67 bits per heavy atom. The summed E-state index contributed by atoms with van der Waals surface area (Å²) in [5, 5.41) is 3.49. The summed E-state index contributed by atoms with van der Waals surface area (Å²) >= 11 is 0. The molecule has 0 bridgehead atoms. The molecule has 2 N–H and O–H groups in total. The Hall–Kier alpha value is -2.54. The lowest BCUT2D eigenvalue weighted by Crippen LogP contribution is -2.20. The van der Waals surface area contributed by atoms with Crippen molar-refractivity contribution >= 4 is 33.0 Å². The minimum Gasteiger partial charge on any atom is -0.382 e. The summed E-state index contributed by atoms with van der Waals surface area (Å²) in [6, 6.07) is 12.6. The lowest BCUT2D eigenvalue weighted by molar-refractivity contribution is -0.117. The molecule has 27 heavy (non-hydrogen) atoms. The zero-order chi connectivity index (χ0) is 19.0. The zero-order valence-corrected chi connectivity index (χ0v) is 16.1. The Labute approximate surface area is 159 Å². The van der Waals surface area contributed by atoms with E-state index >= 15 is 0 Å². The van der Waals surface area contributed by atoms with Crippen LogP contribution in [-0.4, -0.2) is 27.4 Å². The van der Waals surface area contributed by atoms with Gasteiger partial charge in [0.2, 0.25) is 5.91 Å². The number of hydrogen-bond donors (Lipinski definition) is 2. The van der Waals surface area contributed by atoms with Crippen molar-refractivity contribution in [3.8, 4) is 0 Å². The smallest absolute Gasteiger partial charge is 0.261 e. The molecule has 2 aliphatic rings. The summed E-state index contributed by atoms with van der Waals surface area (Å²) in [6.45, 7) is 0. The normalized spacial score (nSPS) is 17.2. The molecule has 1 heterocycles. The predicted octanol–water partition coefficient (Wildman–Crippen LogP) is 3.36. The standard InChI is InChI=1S/C20H23N3O3S/c1-23-19-11-10-18(12-14(19)13-20(23)24)27(25,26)22-17-8-6-16(7-9-17)21-15-4-2-3-5-15/h6-12,15,21-22H,2-5,13H2,1H3. The predicted molar refractivity (Wildman–Crippen MR) is 107 cm³/mol. The number of rotatable bonds is 5. The molecule has 0 atom stereocenters. The molecule has 7 heteroatoms. The molecule has 1 aliphatic heterocycles. The zero-order valence-electron chi connectivity index (χ0n) is 15.2. The number of benzene rings is 2. The summed E-state index contributed by atoms with van der Waals surface area (Å²) < 4.78 is 28.0. The number of carbonyl (C=O) groups excluding carboxylic acids is 1. The summed E-state index contributed by atoms with van der Waals surface area (Å²) in [5.41, 5.74) is 3.02. The van der Waals surface area contributed by atoms with Crippen molar-refractivity contribution in [1.29, 1.82) is 0 Å². The fraction of sp³-hybridized carbons (Fsp3) is 0.350. The molecule has 1 amide bonds. The molecule has 1 saturated carbocycles. The summed E-state index contributed by atoms with van der Waals surface area (Å²) in [4.78, 5) is 13.5. The number of carbonyl (C=O) groups is 1. The van der Waals surface area contributed by atoms with Crippen LogP contribution in [-0.2, 0) is 21.2 Å². The summed E-state index contributed by atoms with van der Waals surface area (Å²) in [5.74, 6) is -0.0298. The maximum Gasteiger partial charge on any atom is 0.261 e. The molecule has 0 radical (unpaired) electrons. The Kier molecular flexibility index (Phi) is 4.55. The van der Waals surface area contributed by atoms with Crippen LogP contribution < -0.4 is 14.9 Å². The van der Waals surface area contributed by atoms with Gasteiger partial charge in [0.15, 0.2) is 0 Å². The molecular weight excluding hydrogens is 362 g/mol. The van der Waals surface area contributed by atoms with Crippen molar-refractivity contribution in [2.75, 3.05) is 22.0 Å². The largest absolute Gasteiger partial charge is 0.382 e. The van der Waals surface area contributed by atoms with E-state index in [0.717, 1.165) is 16.9 Å². The van der Waals surface area contributed by atoms with E-state index in [9.17, 15) is 13.2 Å². The van der Waals surface area contributed by atoms with Crippen LogP contribution in [0.5, 0.6) is 0 Å². The van der Waals surface area contributed by atoms with Crippen LogP contribution in [0.4, 0.5) is 17.1 Å². The van der Waals surface area contributed by atoms with Crippen molar-refractivity contribution in [2.45, 2.75) is 43.0 Å². The monoisotopic (exact) mass is 385 g/mol. The van der Waals surface area contributed by atoms with Gasteiger partial charge in [0, 0.05) is 30.2 Å². The van der Waals surface area contributed by atoms with Gasteiger partial charge < -0.3 is 10.2 Å². The molecule has 6 nitrogen and oxygen atoms in total. The van der Waals surface area contributed by atoms with Crippen LogP contribution in [0.3, 0.4) is 0 Å². The molecule has 0 unspecified atom stereocenters. The molecule has 142 valence electrons. The topological polar surface area (TPSA) is 78.5 Å². The number of nitrogens with zero attached hydrogens (tertiary/aromatic N) is 1. The minimum atomic E-state index is -3.71.